The molecule has 5 nitrogen and oxygen atoms in total. The summed E-state index contributed by atoms with van der Waals surface area (Å²) in [6.07, 6.45) is 4.50. The Morgan fingerprint density at radius 1 is 1.35 bits per heavy atom. The minimum absolute atomic E-state index is 0.181. The van der Waals surface area contributed by atoms with E-state index in [-0.39, 0.29) is 11.3 Å². The second-order valence-corrected chi connectivity index (χ2v) is 6.11. The second kappa shape index (κ2) is 7.73. The van der Waals surface area contributed by atoms with Crippen molar-refractivity contribution in [2.45, 2.75) is 32.6 Å². The van der Waals surface area contributed by atoms with Crippen LogP contribution in [-0.2, 0) is 9.59 Å². The number of benzene rings is 1. The summed E-state index contributed by atoms with van der Waals surface area (Å²) in [4.78, 5) is 23.7. The van der Waals surface area contributed by atoms with Gasteiger partial charge in [0.2, 0.25) is 0 Å². The molecule has 2 N–H and O–H groups in total. The zero-order valence-electron chi connectivity index (χ0n) is 13.1. The van der Waals surface area contributed by atoms with Crippen molar-refractivity contribution in [1.29, 1.82) is 5.26 Å². The van der Waals surface area contributed by atoms with Crippen molar-refractivity contribution in [3.63, 3.8) is 0 Å². The average Bonchev–Trinajstić information content (AvgIpc) is 2.54. The molecule has 1 aliphatic carbocycles. The van der Waals surface area contributed by atoms with Gasteiger partial charge in [-0.3, -0.25) is 9.59 Å². The topological polar surface area (TPSA) is 82.0 Å². The second-order valence-electron chi connectivity index (χ2n) is 6.11. The van der Waals surface area contributed by atoms with Crippen molar-refractivity contribution in [2.75, 3.05) is 11.9 Å². The van der Waals surface area contributed by atoms with Crippen LogP contribution in [0.4, 0.5) is 10.1 Å². The fourth-order valence-electron chi connectivity index (χ4n) is 2.94. The molecule has 0 aliphatic heterocycles. The fourth-order valence-corrected chi connectivity index (χ4v) is 2.94. The zero-order valence-corrected chi connectivity index (χ0v) is 13.1. The van der Waals surface area contributed by atoms with Crippen LogP contribution in [0.3, 0.4) is 0 Å². The van der Waals surface area contributed by atoms with Crippen LogP contribution in [0.15, 0.2) is 18.2 Å². The Morgan fingerprint density at radius 2 is 2.13 bits per heavy atom. The van der Waals surface area contributed by atoms with Crippen molar-refractivity contribution < 1.29 is 14.0 Å². The fraction of sp³-hybridized carbons (Fsp3) is 0.471. The molecule has 6 heteroatoms. The Kier molecular flexibility index (Phi) is 5.69. The van der Waals surface area contributed by atoms with E-state index in [4.69, 9.17) is 5.26 Å². The van der Waals surface area contributed by atoms with Crippen LogP contribution in [0, 0.1) is 29.0 Å². The summed E-state index contributed by atoms with van der Waals surface area (Å²) < 4.78 is 13.2. The summed E-state index contributed by atoms with van der Waals surface area (Å²) in [6, 6.07) is 5.27. The first kappa shape index (κ1) is 16.9. The number of nitriles is 1. The van der Waals surface area contributed by atoms with Crippen LogP contribution in [0.25, 0.3) is 0 Å². The van der Waals surface area contributed by atoms with Gasteiger partial charge >= 0.3 is 11.8 Å². The molecular formula is C17H20FN3O2. The van der Waals surface area contributed by atoms with Crippen LogP contribution >= 0.6 is 0 Å². The lowest BCUT2D eigenvalue weighted by Crippen LogP contribution is -2.38. The van der Waals surface area contributed by atoms with Gasteiger partial charge in [-0.25, -0.2) is 4.39 Å². The number of carbonyl (C=O) groups excluding carboxylic acids is 2. The molecule has 2 amide bonds. The largest absolute Gasteiger partial charge is 0.348 e. The number of nitrogens with zero attached hydrogens (tertiary/aromatic N) is 1. The van der Waals surface area contributed by atoms with E-state index < -0.39 is 17.6 Å². The molecule has 0 radical (unpaired) electrons. The van der Waals surface area contributed by atoms with Gasteiger partial charge in [-0.1, -0.05) is 19.8 Å². The van der Waals surface area contributed by atoms with Gasteiger partial charge in [-0.15, -0.1) is 0 Å². The number of rotatable bonds is 3. The summed E-state index contributed by atoms with van der Waals surface area (Å²) in [7, 11) is 0. The summed E-state index contributed by atoms with van der Waals surface area (Å²) in [5.41, 5.74) is 0.0359. The summed E-state index contributed by atoms with van der Waals surface area (Å²) >= 11 is 0. The van der Waals surface area contributed by atoms with E-state index in [1.807, 2.05) is 0 Å². The Bertz CT molecular complexity index is 639. The van der Waals surface area contributed by atoms with E-state index in [2.05, 4.69) is 17.6 Å². The first-order valence-corrected chi connectivity index (χ1v) is 7.78. The smallest absolute Gasteiger partial charge is 0.313 e. The Labute approximate surface area is 134 Å². The van der Waals surface area contributed by atoms with Crippen LogP contribution in [0.1, 0.15) is 38.2 Å². The average molecular weight is 317 g/mol. The molecule has 0 aromatic heterocycles. The van der Waals surface area contributed by atoms with Crippen molar-refractivity contribution in [3.8, 4) is 6.07 Å². The van der Waals surface area contributed by atoms with Gasteiger partial charge in [0.05, 0.1) is 5.56 Å². The standard InChI is InChI=1S/C17H20FN3O2/c1-11-3-2-4-12(7-11)10-20-16(22)17(23)21-14-5-6-15(18)13(8-14)9-19/h5-6,8,11-12H,2-4,7,10H2,1H3,(H,20,22)(H,21,23)/t11-,12-/m1/s1. The molecule has 0 saturated heterocycles. The molecule has 0 spiro atoms. The van der Waals surface area contributed by atoms with Gasteiger partial charge in [-0.2, -0.15) is 5.26 Å². The Morgan fingerprint density at radius 3 is 2.83 bits per heavy atom. The Hall–Kier alpha value is -2.42. The number of nitrogens with one attached hydrogen (secondary N) is 2. The molecular weight excluding hydrogens is 297 g/mol. The van der Waals surface area contributed by atoms with Gasteiger partial charge in [-0.05, 0) is 42.9 Å². The highest BCUT2D eigenvalue weighted by Gasteiger charge is 2.21. The van der Waals surface area contributed by atoms with Gasteiger partial charge < -0.3 is 10.6 Å². The number of carbonyl (C=O) groups is 2. The van der Waals surface area contributed by atoms with Crippen molar-refractivity contribution in [1.82, 2.24) is 5.32 Å². The summed E-state index contributed by atoms with van der Waals surface area (Å²) in [5.74, 6) is -1.13. The monoisotopic (exact) mass is 317 g/mol. The number of amides is 2. The SMILES string of the molecule is C[C@@H]1CCC[C@@H](CNC(=O)C(=O)Nc2ccc(F)c(C#N)c2)C1. The molecule has 0 unspecified atom stereocenters. The van der Waals surface area contributed by atoms with E-state index in [0.29, 0.717) is 18.4 Å². The number of hydrogen-bond donors (Lipinski definition) is 2. The zero-order chi connectivity index (χ0) is 16.8. The van der Waals surface area contributed by atoms with E-state index >= 15 is 0 Å². The molecule has 1 aliphatic rings. The minimum atomic E-state index is -0.815. The van der Waals surface area contributed by atoms with Gasteiger partial charge in [0.15, 0.2) is 0 Å². The molecule has 1 aromatic carbocycles. The molecule has 23 heavy (non-hydrogen) atoms. The molecule has 0 bridgehead atoms. The molecule has 1 fully saturated rings. The lowest BCUT2D eigenvalue weighted by Gasteiger charge is -2.26. The van der Waals surface area contributed by atoms with Crippen LogP contribution in [0.2, 0.25) is 0 Å². The highest BCUT2D eigenvalue weighted by atomic mass is 19.1. The van der Waals surface area contributed by atoms with E-state index in [1.54, 1.807) is 6.07 Å². The lowest BCUT2D eigenvalue weighted by atomic mass is 9.82. The minimum Gasteiger partial charge on any atom is -0.348 e. The highest BCUT2D eigenvalue weighted by Crippen LogP contribution is 2.27. The molecule has 122 valence electrons. The maximum absolute atomic E-state index is 13.2. The molecule has 1 aromatic rings. The van der Waals surface area contributed by atoms with E-state index in [0.717, 1.165) is 25.3 Å². The number of anilines is 1. The summed E-state index contributed by atoms with van der Waals surface area (Å²) in [5, 5.41) is 13.8. The predicted octanol–water partition coefficient (Wildman–Crippen LogP) is 2.58. The van der Waals surface area contributed by atoms with Crippen LogP contribution in [-0.4, -0.2) is 18.4 Å². The van der Waals surface area contributed by atoms with Gasteiger partial charge in [0.1, 0.15) is 11.9 Å². The van der Waals surface area contributed by atoms with E-state index in [1.165, 1.54) is 18.6 Å². The van der Waals surface area contributed by atoms with Gasteiger partial charge in [0.25, 0.3) is 0 Å². The first-order chi connectivity index (χ1) is 11.0. The predicted molar refractivity (Wildman–Crippen MR) is 83.9 cm³/mol. The van der Waals surface area contributed by atoms with E-state index in [9.17, 15) is 14.0 Å². The molecule has 1 saturated carbocycles. The Balaban J connectivity index is 1.85. The molecule has 2 atom stereocenters. The highest BCUT2D eigenvalue weighted by molar-refractivity contribution is 6.39. The lowest BCUT2D eigenvalue weighted by molar-refractivity contribution is -0.136. The number of halogens is 1. The maximum Gasteiger partial charge on any atom is 0.313 e. The van der Waals surface area contributed by atoms with Crippen LogP contribution < -0.4 is 10.6 Å². The quantitative estimate of drug-likeness (QED) is 0.841. The third-order valence-electron chi connectivity index (χ3n) is 4.15. The van der Waals surface area contributed by atoms with Gasteiger partial charge in [0, 0.05) is 12.2 Å². The molecule has 2 rings (SSSR count). The number of hydrogen-bond acceptors (Lipinski definition) is 3. The van der Waals surface area contributed by atoms with Crippen molar-refractivity contribution >= 4 is 17.5 Å². The van der Waals surface area contributed by atoms with Crippen LogP contribution in [0.5, 0.6) is 0 Å². The summed E-state index contributed by atoms with van der Waals surface area (Å²) in [6.45, 7) is 2.69. The van der Waals surface area contributed by atoms with Crippen molar-refractivity contribution in [3.05, 3.63) is 29.6 Å². The first-order valence-electron chi connectivity index (χ1n) is 7.78. The van der Waals surface area contributed by atoms with Crippen molar-refractivity contribution in [2.24, 2.45) is 11.8 Å². The third-order valence-corrected chi connectivity index (χ3v) is 4.15. The third kappa shape index (κ3) is 4.78. The maximum atomic E-state index is 13.2. The molecule has 0 heterocycles. The normalized spacial score (nSPS) is 20.4.